The van der Waals surface area contributed by atoms with Crippen molar-refractivity contribution in [2.24, 2.45) is 0 Å². The van der Waals surface area contributed by atoms with Crippen LogP contribution in [0.5, 0.6) is 0 Å². The highest BCUT2D eigenvalue weighted by atomic mass is 16.5. The van der Waals surface area contributed by atoms with Crippen LogP contribution in [0.25, 0.3) is 11.5 Å². The van der Waals surface area contributed by atoms with E-state index in [4.69, 9.17) is 9.15 Å². The number of ketones is 1. The molecule has 1 aliphatic heterocycles. The molecule has 1 atom stereocenters. The van der Waals surface area contributed by atoms with Gasteiger partial charge in [-0.25, -0.2) is 4.98 Å². The van der Waals surface area contributed by atoms with Gasteiger partial charge in [0.25, 0.3) is 0 Å². The number of hydrogen-bond donors (Lipinski definition) is 1. The van der Waals surface area contributed by atoms with Gasteiger partial charge in [0.15, 0.2) is 0 Å². The second-order valence-corrected chi connectivity index (χ2v) is 6.72. The molecular weight excluding hydrogens is 332 g/mol. The van der Waals surface area contributed by atoms with Gasteiger partial charge in [0.05, 0.1) is 24.6 Å². The van der Waals surface area contributed by atoms with Crippen molar-refractivity contribution in [3.05, 3.63) is 41.3 Å². The van der Waals surface area contributed by atoms with E-state index in [1.54, 1.807) is 6.92 Å². The van der Waals surface area contributed by atoms with Crippen molar-refractivity contribution in [1.82, 2.24) is 10.3 Å². The van der Waals surface area contributed by atoms with Gasteiger partial charge in [-0.1, -0.05) is 17.7 Å². The summed E-state index contributed by atoms with van der Waals surface area (Å²) in [6, 6.07) is 7.84. The predicted molar refractivity (Wildman–Crippen MR) is 96.7 cm³/mol. The third kappa shape index (κ3) is 4.79. The lowest BCUT2D eigenvalue weighted by Gasteiger charge is -2.10. The van der Waals surface area contributed by atoms with E-state index < -0.39 is 0 Å². The summed E-state index contributed by atoms with van der Waals surface area (Å²) >= 11 is 0. The third-order valence-electron chi connectivity index (χ3n) is 4.46. The molecular formula is C20H24N2O4. The molecule has 6 heteroatoms. The lowest BCUT2D eigenvalue weighted by molar-refractivity contribution is -0.128. The first-order valence-corrected chi connectivity index (χ1v) is 8.94. The SMILES string of the molecule is Cc1ccc(-c2nc(CC(=O)CC(=O)NCC3CCCO3)c(C)o2)cc1. The molecule has 0 radical (unpaired) electrons. The number of carbonyl (C=O) groups is 2. The molecule has 138 valence electrons. The maximum absolute atomic E-state index is 12.2. The maximum Gasteiger partial charge on any atom is 0.227 e. The Morgan fingerprint density at radius 3 is 2.69 bits per heavy atom. The number of hydrogen-bond acceptors (Lipinski definition) is 5. The van der Waals surface area contributed by atoms with Crippen molar-refractivity contribution >= 4 is 11.7 Å². The number of rotatable bonds is 7. The Morgan fingerprint density at radius 1 is 1.23 bits per heavy atom. The molecule has 1 aromatic heterocycles. The van der Waals surface area contributed by atoms with Gasteiger partial charge in [0, 0.05) is 18.7 Å². The number of Topliss-reactive ketones (excluding diaryl/α,β-unsaturated/α-hetero) is 1. The molecule has 6 nitrogen and oxygen atoms in total. The van der Waals surface area contributed by atoms with Gasteiger partial charge >= 0.3 is 0 Å². The molecule has 2 aromatic rings. The van der Waals surface area contributed by atoms with Gasteiger partial charge in [-0.3, -0.25) is 9.59 Å². The van der Waals surface area contributed by atoms with E-state index in [0.29, 0.717) is 23.9 Å². The van der Waals surface area contributed by atoms with Crippen LogP contribution in [0.2, 0.25) is 0 Å². The van der Waals surface area contributed by atoms with Gasteiger partial charge < -0.3 is 14.5 Å². The Hall–Kier alpha value is -2.47. The average Bonchev–Trinajstić information content (AvgIpc) is 3.24. The number of amides is 1. The van der Waals surface area contributed by atoms with Crippen LogP contribution in [0.15, 0.2) is 28.7 Å². The van der Waals surface area contributed by atoms with Crippen molar-refractivity contribution in [3.8, 4) is 11.5 Å². The molecule has 0 spiro atoms. The Morgan fingerprint density at radius 2 is 2.00 bits per heavy atom. The van der Waals surface area contributed by atoms with Crippen LogP contribution in [0.3, 0.4) is 0 Å². The average molecular weight is 356 g/mol. The highest BCUT2D eigenvalue weighted by molar-refractivity contribution is 5.98. The van der Waals surface area contributed by atoms with Gasteiger partial charge in [-0.2, -0.15) is 0 Å². The van der Waals surface area contributed by atoms with Crippen LogP contribution < -0.4 is 5.32 Å². The zero-order chi connectivity index (χ0) is 18.5. The summed E-state index contributed by atoms with van der Waals surface area (Å²) in [5.74, 6) is 0.647. The number of nitrogens with one attached hydrogen (secondary N) is 1. The molecule has 1 fully saturated rings. The molecule has 1 amide bonds. The maximum atomic E-state index is 12.2. The van der Waals surface area contributed by atoms with Crippen molar-refractivity contribution in [1.29, 1.82) is 0 Å². The van der Waals surface area contributed by atoms with E-state index in [9.17, 15) is 9.59 Å². The van der Waals surface area contributed by atoms with Gasteiger partial charge in [0.2, 0.25) is 11.8 Å². The fraction of sp³-hybridized carbons (Fsp3) is 0.450. The van der Waals surface area contributed by atoms with E-state index >= 15 is 0 Å². The van der Waals surface area contributed by atoms with Crippen LogP contribution in [-0.2, 0) is 20.7 Å². The number of nitrogens with zero attached hydrogens (tertiary/aromatic N) is 1. The minimum Gasteiger partial charge on any atom is -0.441 e. The zero-order valence-electron chi connectivity index (χ0n) is 15.2. The summed E-state index contributed by atoms with van der Waals surface area (Å²) in [7, 11) is 0. The lowest BCUT2D eigenvalue weighted by Crippen LogP contribution is -2.33. The molecule has 26 heavy (non-hydrogen) atoms. The monoisotopic (exact) mass is 356 g/mol. The first-order valence-electron chi connectivity index (χ1n) is 8.94. The minimum atomic E-state index is -0.273. The van der Waals surface area contributed by atoms with Gasteiger partial charge in [-0.05, 0) is 38.8 Å². The van der Waals surface area contributed by atoms with Crippen LogP contribution in [0.4, 0.5) is 0 Å². The summed E-state index contributed by atoms with van der Waals surface area (Å²) in [5, 5.41) is 2.76. The quantitative estimate of drug-likeness (QED) is 0.772. The van der Waals surface area contributed by atoms with Crippen LogP contribution >= 0.6 is 0 Å². The van der Waals surface area contributed by atoms with E-state index in [-0.39, 0.29) is 30.6 Å². The lowest BCUT2D eigenvalue weighted by atomic mass is 10.1. The second-order valence-electron chi connectivity index (χ2n) is 6.72. The van der Waals surface area contributed by atoms with Crippen LogP contribution in [0, 0.1) is 13.8 Å². The summed E-state index contributed by atoms with van der Waals surface area (Å²) in [6.07, 6.45) is 1.99. The number of carbonyl (C=O) groups excluding carboxylic acids is 2. The highest BCUT2D eigenvalue weighted by Crippen LogP contribution is 2.22. The molecule has 0 bridgehead atoms. The van der Waals surface area contributed by atoms with Crippen LogP contribution in [0.1, 0.15) is 36.3 Å². The van der Waals surface area contributed by atoms with Gasteiger partial charge in [0.1, 0.15) is 11.5 Å². The van der Waals surface area contributed by atoms with Gasteiger partial charge in [-0.15, -0.1) is 0 Å². The fourth-order valence-electron chi connectivity index (χ4n) is 2.94. The van der Waals surface area contributed by atoms with E-state index in [1.165, 1.54) is 0 Å². The first-order chi connectivity index (χ1) is 12.5. The summed E-state index contributed by atoms with van der Waals surface area (Å²) < 4.78 is 11.1. The smallest absolute Gasteiger partial charge is 0.227 e. The molecule has 1 unspecified atom stereocenters. The molecule has 3 rings (SSSR count). The Balaban J connectivity index is 1.53. The Labute approximate surface area is 152 Å². The van der Waals surface area contributed by atoms with Crippen LogP contribution in [-0.4, -0.2) is 35.9 Å². The summed E-state index contributed by atoms with van der Waals surface area (Å²) in [6.45, 7) is 5.00. The molecule has 2 heterocycles. The molecule has 1 aromatic carbocycles. The normalized spacial score (nSPS) is 16.6. The molecule has 0 aliphatic carbocycles. The topological polar surface area (TPSA) is 81.4 Å². The number of benzene rings is 1. The second kappa shape index (κ2) is 8.27. The first kappa shape index (κ1) is 18.3. The number of ether oxygens (including phenoxy) is 1. The number of aryl methyl sites for hydroxylation is 2. The molecule has 1 aliphatic rings. The summed E-state index contributed by atoms with van der Waals surface area (Å²) in [4.78, 5) is 28.5. The Bertz CT molecular complexity index is 774. The van der Waals surface area contributed by atoms with Crippen molar-refractivity contribution in [2.75, 3.05) is 13.2 Å². The molecule has 1 N–H and O–H groups in total. The minimum absolute atomic E-state index is 0.0731. The Kier molecular flexibility index (Phi) is 5.83. The van der Waals surface area contributed by atoms with Crippen molar-refractivity contribution in [2.45, 2.75) is 45.6 Å². The number of oxazole rings is 1. The molecule has 1 saturated heterocycles. The fourth-order valence-corrected chi connectivity index (χ4v) is 2.94. The van der Waals surface area contributed by atoms with Crippen molar-refractivity contribution < 1.29 is 18.7 Å². The standard InChI is InChI=1S/C20H24N2O4/c1-13-5-7-15(8-6-13)20-22-18(14(2)26-20)10-16(23)11-19(24)21-12-17-4-3-9-25-17/h5-8,17H,3-4,9-12H2,1-2H3,(H,21,24). The largest absolute Gasteiger partial charge is 0.441 e. The van der Waals surface area contributed by atoms with E-state index in [1.807, 2.05) is 31.2 Å². The highest BCUT2D eigenvalue weighted by Gasteiger charge is 2.19. The zero-order valence-corrected chi connectivity index (χ0v) is 15.2. The van der Waals surface area contributed by atoms with Crippen molar-refractivity contribution in [3.63, 3.8) is 0 Å². The molecule has 0 saturated carbocycles. The van der Waals surface area contributed by atoms with E-state index in [0.717, 1.165) is 30.6 Å². The summed E-state index contributed by atoms with van der Waals surface area (Å²) in [5.41, 5.74) is 2.60. The van der Waals surface area contributed by atoms with E-state index in [2.05, 4.69) is 10.3 Å². The predicted octanol–water partition coefficient (Wildman–Crippen LogP) is 2.76. The third-order valence-corrected chi connectivity index (χ3v) is 4.46. The number of aromatic nitrogens is 1.